The van der Waals surface area contributed by atoms with Gasteiger partial charge in [0.25, 0.3) is 5.89 Å². The molecular formula is C14H18N4O3. The predicted octanol–water partition coefficient (Wildman–Crippen LogP) is 1.72. The molecule has 0 aliphatic carbocycles. The van der Waals surface area contributed by atoms with Crippen molar-refractivity contribution < 1.29 is 13.9 Å². The first-order chi connectivity index (χ1) is 10.3. The molecule has 3 heterocycles. The lowest BCUT2D eigenvalue weighted by molar-refractivity contribution is -0.0412. The third-order valence-electron chi connectivity index (χ3n) is 3.67. The number of hydrogen-bond donors (Lipinski definition) is 0. The summed E-state index contributed by atoms with van der Waals surface area (Å²) in [6.45, 7) is 4.00. The summed E-state index contributed by atoms with van der Waals surface area (Å²) in [7, 11) is 1.63. The Morgan fingerprint density at radius 2 is 2.33 bits per heavy atom. The highest BCUT2D eigenvalue weighted by atomic mass is 16.6. The molecule has 2 aromatic heterocycles. The first kappa shape index (κ1) is 14.0. The summed E-state index contributed by atoms with van der Waals surface area (Å²) in [5, 5.41) is 8.12. The van der Waals surface area contributed by atoms with Gasteiger partial charge in [0, 0.05) is 38.5 Å². The van der Waals surface area contributed by atoms with Gasteiger partial charge in [-0.25, -0.2) is 4.98 Å². The lowest BCUT2D eigenvalue weighted by Gasteiger charge is -2.20. The van der Waals surface area contributed by atoms with Crippen LogP contribution >= 0.6 is 0 Å². The first-order valence-corrected chi connectivity index (χ1v) is 6.93. The molecule has 0 radical (unpaired) electrons. The van der Waals surface area contributed by atoms with Crippen molar-refractivity contribution in [3.8, 4) is 0 Å². The van der Waals surface area contributed by atoms with Crippen LogP contribution in [0.5, 0.6) is 0 Å². The van der Waals surface area contributed by atoms with Crippen molar-refractivity contribution in [2.75, 3.05) is 20.3 Å². The molecule has 0 saturated carbocycles. The summed E-state index contributed by atoms with van der Waals surface area (Å²) < 4.78 is 18.6. The molecule has 7 heteroatoms. The molecule has 112 valence electrons. The van der Waals surface area contributed by atoms with Gasteiger partial charge in [-0.2, -0.15) is 0 Å². The minimum Gasteiger partial charge on any atom is -0.418 e. The van der Waals surface area contributed by atoms with E-state index >= 15 is 0 Å². The predicted molar refractivity (Wildman–Crippen MR) is 75.3 cm³/mol. The van der Waals surface area contributed by atoms with Gasteiger partial charge in [0.15, 0.2) is 5.60 Å². The van der Waals surface area contributed by atoms with Gasteiger partial charge in [0.1, 0.15) is 5.82 Å². The fourth-order valence-electron chi connectivity index (χ4n) is 2.34. The largest absolute Gasteiger partial charge is 0.418 e. The number of ether oxygens (including phenoxy) is 2. The molecule has 0 spiro atoms. The Kier molecular flexibility index (Phi) is 3.85. The molecule has 1 fully saturated rings. The fourth-order valence-corrected chi connectivity index (χ4v) is 2.34. The molecule has 1 atom stereocenters. The maximum Gasteiger partial charge on any atom is 0.251 e. The van der Waals surface area contributed by atoms with E-state index in [2.05, 4.69) is 22.1 Å². The van der Waals surface area contributed by atoms with E-state index in [0.717, 1.165) is 18.8 Å². The standard InChI is InChI=1S/C14H18N4O3/c1-3-18-8-7-15-11(18)4-5-12-16-17-13(21-12)14(19-2)6-9-20-10-14/h4-5,7-8H,3,6,9-10H2,1-2H3/b5-4+. The van der Waals surface area contributed by atoms with Crippen LogP contribution in [0.3, 0.4) is 0 Å². The third-order valence-corrected chi connectivity index (χ3v) is 3.67. The number of aromatic nitrogens is 4. The molecule has 21 heavy (non-hydrogen) atoms. The Labute approximate surface area is 122 Å². The van der Waals surface area contributed by atoms with Gasteiger partial charge < -0.3 is 18.5 Å². The highest BCUT2D eigenvalue weighted by molar-refractivity contribution is 5.62. The molecule has 1 saturated heterocycles. The van der Waals surface area contributed by atoms with E-state index < -0.39 is 5.60 Å². The second-order valence-electron chi connectivity index (χ2n) is 4.85. The van der Waals surface area contributed by atoms with Crippen LogP contribution in [0.2, 0.25) is 0 Å². The van der Waals surface area contributed by atoms with Crippen LogP contribution < -0.4 is 0 Å². The van der Waals surface area contributed by atoms with Gasteiger partial charge in [0.05, 0.1) is 13.2 Å². The van der Waals surface area contributed by atoms with Crippen LogP contribution in [0.1, 0.15) is 31.0 Å². The smallest absolute Gasteiger partial charge is 0.251 e. The second kappa shape index (κ2) is 5.79. The average Bonchev–Trinajstić information content (AvgIpc) is 3.24. The van der Waals surface area contributed by atoms with Crippen LogP contribution in [-0.2, 0) is 21.6 Å². The molecule has 2 aromatic rings. The zero-order valence-corrected chi connectivity index (χ0v) is 12.2. The van der Waals surface area contributed by atoms with E-state index in [0.29, 0.717) is 25.0 Å². The van der Waals surface area contributed by atoms with Crippen LogP contribution in [-0.4, -0.2) is 40.1 Å². The number of rotatable bonds is 5. The van der Waals surface area contributed by atoms with E-state index in [4.69, 9.17) is 13.9 Å². The molecule has 0 N–H and O–H groups in total. The SMILES string of the molecule is CCn1ccnc1/C=C/c1nnc(C2(OC)CCOC2)o1. The number of imidazole rings is 1. The molecular weight excluding hydrogens is 272 g/mol. The summed E-state index contributed by atoms with van der Waals surface area (Å²) in [5.41, 5.74) is -0.610. The van der Waals surface area contributed by atoms with Gasteiger partial charge in [-0.05, 0) is 13.0 Å². The van der Waals surface area contributed by atoms with Crippen molar-refractivity contribution in [2.24, 2.45) is 0 Å². The molecule has 0 amide bonds. The van der Waals surface area contributed by atoms with Gasteiger partial charge in [-0.1, -0.05) is 0 Å². The second-order valence-corrected chi connectivity index (χ2v) is 4.85. The molecule has 1 aliphatic heterocycles. The van der Waals surface area contributed by atoms with Crippen molar-refractivity contribution in [1.82, 2.24) is 19.7 Å². The van der Waals surface area contributed by atoms with Crippen molar-refractivity contribution in [2.45, 2.75) is 25.5 Å². The fraction of sp³-hybridized carbons (Fsp3) is 0.500. The van der Waals surface area contributed by atoms with Gasteiger partial charge >= 0.3 is 0 Å². The summed E-state index contributed by atoms with van der Waals surface area (Å²) in [4.78, 5) is 4.26. The van der Waals surface area contributed by atoms with Crippen LogP contribution in [0.15, 0.2) is 16.8 Å². The zero-order valence-electron chi connectivity index (χ0n) is 12.2. The molecule has 0 bridgehead atoms. The number of aryl methyl sites for hydroxylation is 1. The van der Waals surface area contributed by atoms with E-state index in [1.807, 2.05) is 16.8 Å². The van der Waals surface area contributed by atoms with Crippen LogP contribution in [0, 0.1) is 0 Å². The zero-order chi connectivity index (χ0) is 14.7. The normalized spacial score (nSPS) is 22.4. The Bertz CT molecular complexity index is 626. The highest BCUT2D eigenvalue weighted by Crippen LogP contribution is 2.32. The van der Waals surface area contributed by atoms with E-state index in [1.54, 1.807) is 19.4 Å². The molecule has 0 aromatic carbocycles. The number of nitrogens with zero attached hydrogens (tertiary/aromatic N) is 4. The van der Waals surface area contributed by atoms with Crippen molar-refractivity contribution in [1.29, 1.82) is 0 Å². The quantitative estimate of drug-likeness (QED) is 0.834. The van der Waals surface area contributed by atoms with Gasteiger partial charge in [-0.3, -0.25) is 0 Å². The maximum atomic E-state index is 5.68. The molecule has 7 nitrogen and oxygen atoms in total. The van der Waals surface area contributed by atoms with E-state index in [1.165, 1.54) is 0 Å². The number of hydrogen-bond acceptors (Lipinski definition) is 6. The average molecular weight is 290 g/mol. The molecule has 3 rings (SSSR count). The van der Waals surface area contributed by atoms with Crippen LogP contribution in [0.25, 0.3) is 12.2 Å². The van der Waals surface area contributed by atoms with Crippen molar-refractivity contribution in [3.05, 3.63) is 30.0 Å². The topological polar surface area (TPSA) is 75.2 Å². The van der Waals surface area contributed by atoms with E-state index in [-0.39, 0.29) is 0 Å². The minimum atomic E-state index is -0.610. The third kappa shape index (κ3) is 2.62. The Hall–Kier alpha value is -1.99. The minimum absolute atomic E-state index is 0.430. The van der Waals surface area contributed by atoms with Gasteiger partial charge in [-0.15, -0.1) is 10.2 Å². The molecule has 1 aliphatic rings. The lowest BCUT2D eigenvalue weighted by atomic mass is 10.0. The summed E-state index contributed by atoms with van der Waals surface area (Å²) >= 11 is 0. The van der Waals surface area contributed by atoms with Crippen molar-refractivity contribution >= 4 is 12.2 Å². The summed E-state index contributed by atoms with van der Waals surface area (Å²) in [5.74, 6) is 1.74. The Balaban J connectivity index is 1.79. The monoisotopic (exact) mass is 290 g/mol. The molecule has 1 unspecified atom stereocenters. The first-order valence-electron chi connectivity index (χ1n) is 6.93. The summed E-state index contributed by atoms with van der Waals surface area (Å²) in [6.07, 6.45) is 8.01. The summed E-state index contributed by atoms with van der Waals surface area (Å²) in [6, 6.07) is 0. The highest BCUT2D eigenvalue weighted by Gasteiger charge is 2.42. The van der Waals surface area contributed by atoms with E-state index in [9.17, 15) is 0 Å². The van der Waals surface area contributed by atoms with Gasteiger partial charge in [0.2, 0.25) is 5.89 Å². The Morgan fingerprint density at radius 1 is 1.43 bits per heavy atom. The lowest BCUT2D eigenvalue weighted by Crippen LogP contribution is -2.29. The van der Waals surface area contributed by atoms with Crippen LogP contribution in [0.4, 0.5) is 0 Å². The maximum absolute atomic E-state index is 5.68. The Morgan fingerprint density at radius 3 is 3.05 bits per heavy atom. The van der Waals surface area contributed by atoms with Crippen molar-refractivity contribution in [3.63, 3.8) is 0 Å². The number of methoxy groups -OCH3 is 1.